The van der Waals surface area contributed by atoms with Gasteiger partial charge in [-0.3, -0.25) is 14.2 Å². The molecule has 2 aliphatic rings. The molecule has 3 aromatic heterocycles. The first-order valence-corrected chi connectivity index (χ1v) is 13.9. The minimum Gasteiger partial charge on any atom is -0.309 e. The topological polar surface area (TPSA) is 120 Å². The van der Waals surface area contributed by atoms with Gasteiger partial charge in [0.2, 0.25) is 16.0 Å². The zero-order valence-corrected chi connectivity index (χ0v) is 21.5. The van der Waals surface area contributed by atoms with Crippen molar-refractivity contribution in [2.24, 2.45) is 13.0 Å². The average molecular weight is 507 g/mol. The molecule has 0 bridgehead atoms. The van der Waals surface area contributed by atoms with Gasteiger partial charge < -0.3 is 5.32 Å². The Bertz CT molecular complexity index is 1550. The number of fused-ring (bicyclic) bond motifs is 3. The molecule has 11 heteroatoms. The van der Waals surface area contributed by atoms with Crippen LogP contribution in [-0.4, -0.2) is 44.5 Å². The Hall–Kier alpha value is -3.31. The lowest BCUT2D eigenvalue weighted by Gasteiger charge is -2.20. The minimum absolute atomic E-state index is 0.0396. The van der Waals surface area contributed by atoms with Crippen LogP contribution < -0.4 is 10.0 Å². The van der Waals surface area contributed by atoms with Crippen molar-refractivity contribution in [2.75, 3.05) is 11.9 Å². The van der Waals surface area contributed by atoms with Crippen molar-refractivity contribution in [1.29, 1.82) is 0 Å². The molecule has 0 saturated heterocycles. The summed E-state index contributed by atoms with van der Waals surface area (Å²) in [7, 11) is -1.81. The predicted octanol–water partition coefficient (Wildman–Crippen LogP) is 3.65. The maximum atomic E-state index is 13.4. The van der Waals surface area contributed by atoms with E-state index in [0.717, 1.165) is 59.1 Å². The number of nitrogens with zero attached hydrogens (tertiary/aromatic N) is 6. The van der Waals surface area contributed by atoms with Crippen LogP contribution in [0.5, 0.6) is 0 Å². The van der Waals surface area contributed by atoms with Crippen molar-refractivity contribution < 1.29 is 8.42 Å². The Morgan fingerprint density at radius 1 is 1.17 bits per heavy atom. The molecule has 1 atom stereocenters. The fourth-order valence-corrected chi connectivity index (χ4v) is 6.51. The molecule has 36 heavy (non-hydrogen) atoms. The summed E-state index contributed by atoms with van der Waals surface area (Å²) in [6.07, 6.45) is 9.10. The van der Waals surface area contributed by atoms with Crippen molar-refractivity contribution in [2.45, 2.75) is 56.4 Å². The highest BCUT2D eigenvalue weighted by atomic mass is 32.2. The van der Waals surface area contributed by atoms with Crippen LogP contribution in [0.3, 0.4) is 0 Å². The second-order valence-corrected chi connectivity index (χ2v) is 11.9. The van der Waals surface area contributed by atoms with E-state index in [1.807, 2.05) is 49.9 Å². The van der Waals surface area contributed by atoms with E-state index >= 15 is 0 Å². The Kier molecular flexibility index (Phi) is 5.56. The molecule has 2 N–H and O–H groups in total. The van der Waals surface area contributed by atoms with Crippen LogP contribution in [0, 0.1) is 5.92 Å². The van der Waals surface area contributed by atoms with Crippen LogP contribution in [0.1, 0.15) is 61.9 Å². The van der Waals surface area contributed by atoms with E-state index in [9.17, 15) is 8.42 Å². The average Bonchev–Trinajstić information content (AvgIpc) is 3.25. The molecule has 0 radical (unpaired) electrons. The van der Waals surface area contributed by atoms with E-state index in [1.165, 1.54) is 0 Å². The van der Waals surface area contributed by atoms with Gasteiger partial charge in [0.05, 0.1) is 17.1 Å². The molecular formula is C25H30N8O2S. The normalized spacial score (nSPS) is 17.7. The molecule has 1 saturated carbocycles. The summed E-state index contributed by atoms with van der Waals surface area (Å²) in [5.74, 6) is 2.06. The number of rotatable bonds is 8. The molecule has 0 aliphatic heterocycles. The van der Waals surface area contributed by atoms with Crippen LogP contribution in [0.2, 0.25) is 0 Å². The number of benzene rings is 1. The SMILES string of the molecule is CC(C)CNS(=O)(=O)c1cc2c(c3cnc(C4CC4)cc13)C(n1cnnc1Nc1ccnn1C)CC2. The number of hydrogen-bond acceptors (Lipinski definition) is 7. The molecule has 0 spiro atoms. The van der Waals surface area contributed by atoms with Crippen molar-refractivity contribution in [1.82, 2.24) is 34.3 Å². The molecule has 1 fully saturated rings. The number of hydrogen-bond donors (Lipinski definition) is 2. The molecule has 2 aliphatic carbocycles. The van der Waals surface area contributed by atoms with Crippen molar-refractivity contribution in [3.63, 3.8) is 0 Å². The van der Waals surface area contributed by atoms with E-state index in [-0.39, 0.29) is 12.0 Å². The van der Waals surface area contributed by atoms with E-state index in [1.54, 1.807) is 17.2 Å². The fraction of sp³-hybridized carbons (Fsp3) is 0.440. The number of pyridine rings is 1. The van der Waals surface area contributed by atoms with Crippen LogP contribution in [0.4, 0.5) is 11.8 Å². The van der Waals surface area contributed by atoms with Gasteiger partial charge in [0.1, 0.15) is 12.1 Å². The maximum absolute atomic E-state index is 13.4. The fourth-order valence-electron chi connectivity index (χ4n) is 5.04. The monoisotopic (exact) mass is 506 g/mol. The molecule has 188 valence electrons. The third-order valence-electron chi connectivity index (χ3n) is 7.09. The summed E-state index contributed by atoms with van der Waals surface area (Å²) in [4.78, 5) is 5.12. The molecular weight excluding hydrogens is 476 g/mol. The van der Waals surface area contributed by atoms with Crippen molar-refractivity contribution in [3.05, 3.63) is 53.7 Å². The summed E-state index contributed by atoms with van der Waals surface area (Å²) < 4.78 is 33.5. The molecule has 3 heterocycles. The number of aromatic nitrogens is 6. The van der Waals surface area contributed by atoms with E-state index in [4.69, 9.17) is 4.98 Å². The van der Waals surface area contributed by atoms with Crippen LogP contribution in [0.15, 0.2) is 41.8 Å². The van der Waals surface area contributed by atoms with Gasteiger partial charge in [-0.1, -0.05) is 13.8 Å². The zero-order chi connectivity index (χ0) is 25.0. The minimum atomic E-state index is -3.68. The molecule has 1 unspecified atom stereocenters. The number of aryl methyl sites for hydroxylation is 2. The van der Waals surface area contributed by atoms with Gasteiger partial charge in [0.15, 0.2) is 0 Å². The van der Waals surface area contributed by atoms with Crippen LogP contribution in [0.25, 0.3) is 10.8 Å². The first kappa shape index (κ1) is 23.1. The third kappa shape index (κ3) is 4.05. The smallest absolute Gasteiger partial charge is 0.241 e. The Morgan fingerprint density at radius 2 is 2.00 bits per heavy atom. The molecule has 1 aromatic carbocycles. The first-order chi connectivity index (χ1) is 17.3. The van der Waals surface area contributed by atoms with Gasteiger partial charge in [-0.2, -0.15) is 5.10 Å². The predicted molar refractivity (Wildman–Crippen MR) is 137 cm³/mol. The van der Waals surface area contributed by atoms with Crippen LogP contribution in [-0.2, 0) is 23.5 Å². The first-order valence-electron chi connectivity index (χ1n) is 12.4. The molecule has 10 nitrogen and oxygen atoms in total. The van der Waals surface area contributed by atoms with Gasteiger partial charge in [-0.15, -0.1) is 10.2 Å². The molecule has 0 amide bonds. The second kappa shape index (κ2) is 8.67. The lowest BCUT2D eigenvalue weighted by atomic mass is 9.99. The third-order valence-corrected chi connectivity index (χ3v) is 8.55. The quantitative estimate of drug-likeness (QED) is 0.374. The van der Waals surface area contributed by atoms with E-state index < -0.39 is 10.0 Å². The number of anilines is 2. The largest absolute Gasteiger partial charge is 0.309 e. The zero-order valence-electron chi connectivity index (χ0n) is 20.6. The van der Waals surface area contributed by atoms with Crippen LogP contribution >= 0.6 is 0 Å². The van der Waals surface area contributed by atoms with Gasteiger partial charge in [0, 0.05) is 48.2 Å². The maximum Gasteiger partial charge on any atom is 0.241 e. The van der Waals surface area contributed by atoms with Gasteiger partial charge in [0.25, 0.3) is 0 Å². The Morgan fingerprint density at radius 3 is 2.72 bits per heavy atom. The lowest BCUT2D eigenvalue weighted by molar-refractivity contribution is 0.561. The number of sulfonamides is 1. The number of nitrogens with one attached hydrogen (secondary N) is 2. The van der Waals surface area contributed by atoms with Gasteiger partial charge >= 0.3 is 0 Å². The highest BCUT2D eigenvalue weighted by Gasteiger charge is 2.33. The summed E-state index contributed by atoms with van der Waals surface area (Å²) in [6.45, 7) is 4.40. The van der Waals surface area contributed by atoms with E-state index in [0.29, 0.717) is 23.3 Å². The Labute approximate surface area is 210 Å². The highest BCUT2D eigenvalue weighted by molar-refractivity contribution is 7.89. The second-order valence-electron chi connectivity index (χ2n) is 10.2. The van der Waals surface area contributed by atoms with Crippen molar-refractivity contribution >= 4 is 32.6 Å². The Balaban J connectivity index is 1.47. The lowest BCUT2D eigenvalue weighted by Crippen LogP contribution is -2.28. The molecule has 4 aromatic rings. The standard InChI is InChI=1S/C25H30N8O2S/c1-15(2)12-29-36(34,35)22-10-17-6-7-21(24(17)19-13-26-20(11-18(19)22)16-4-5-16)33-14-27-31-25(33)30-23-8-9-28-32(23)3/h8-11,13-16,21,29H,4-7,12H2,1-3H3,(H,30,31). The van der Waals surface area contributed by atoms with Gasteiger partial charge in [-0.05, 0) is 54.9 Å². The van der Waals surface area contributed by atoms with Crippen molar-refractivity contribution in [3.8, 4) is 0 Å². The van der Waals surface area contributed by atoms with Gasteiger partial charge in [-0.25, -0.2) is 13.1 Å². The summed E-state index contributed by atoms with van der Waals surface area (Å²) >= 11 is 0. The highest BCUT2D eigenvalue weighted by Crippen LogP contribution is 2.45. The van der Waals surface area contributed by atoms with E-state index in [2.05, 4.69) is 25.3 Å². The summed E-state index contributed by atoms with van der Waals surface area (Å²) in [5.41, 5.74) is 3.09. The summed E-state index contributed by atoms with van der Waals surface area (Å²) in [6, 6.07) is 5.70. The summed E-state index contributed by atoms with van der Waals surface area (Å²) in [5, 5.41) is 17.6. The molecule has 6 rings (SSSR count).